The molecular formula is C25H31N5OS2. The highest BCUT2D eigenvalue weighted by atomic mass is 32.2. The first-order valence-electron chi connectivity index (χ1n) is 11.9. The van der Waals surface area contributed by atoms with Crippen LogP contribution in [0.25, 0.3) is 10.2 Å². The van der Waals surface area contributed by atoms with Crippen LogP contribution in [0.15, 0.2) is 35.5 Å². The molecule has 8 heteroatoms. The lowest BCUT2D eigenvalue weighted by Gasteiger charge is -2.30. The number of hydrogen-bond acceptors (Lipinski definition) is 7. The van der Waals surface area contributed by atoms with E-state index in [1.165, 1.54) is 24.3 Å². The molecule has 1 unspecified atom stereocenters. The molecule has 33 heavy (non-hydrogen) atoms. The van der Waals surface area contributed by atoms with Gasteiger partial charge in [0, 0.05) is 54.8 Å². The fourth-order valence-electron chi connectivity index (χ4n) is 5.18. The summed E-state index contributed by atoms with van der Waals surface area (Å²) in [6.45, 7) is 1.45. The number of fused-ring (bicyclic) bond motifs is 1. The number of piperidine rings is 1. The Morgan fingerprint density at radius 1 is 1.18 bits per heavy atom. The normalized spacial score (nSPS) is 23.3. The summed E-state index contributed by atoms with van der Waals surface area (Å²) in [6.07, 6.45) is 13.6. The summed E-state index contributed by atoms with van der Waals surface area (Å²) in [4.78, 5) is 29.9. The van der Waals surface area contributed by atoms with E-state index in [0.29, 0.717) is 18.4 Å². The molecule has 0 spiro atoms. The number of benzene rings is 1. The Morgan fingerprint density at radius 3 is 2.73 bits per heavy atom. The average Bonchev–Trinajstić information content (AvgIpc) is 3.44. The number of thioether (sulfide) groups is 1. The predicted molar refractivity (Wildman–Crippen MR) is 135 cm³/mol. The number of amides is 1. The molecule has 3 heterocycles. The smallest absolute Gasteiger partial charge is 0.253 e. The van der Waals surface area contributed by atoms with Crippen molar-refractivity contribution in [1.29, 1.82) is 0 Å². The maximum atomic E-state index is 12.9. The molecule has 3 aromatic rings. The Kier molecular flexibility index (Phi) is 6.94. The summed E-state index contributed by atoms with van der Waals surface area (Å²) in [5.74, 6) is 2.38. The molecule has 0 radical (unpaired) electrons. The molecular weight excluding hydrogens is 450 g/mol. The van der Waals surface area contributed by atoms with E-state index >= 15 is 0 Å². The minimum Gasteiger partial charge on any atom is -0.337 e. The SMILES string of the molecule is CSc1cnc(C[C@H]2CC[C@H](Cc3nc4ccc(C(=O)N5CCCC(N)C5)cc4s3)C2)nc1. The lowest BCUT2D eigenvalue weighted by molar-refractivity contribution is 0.0709. The zero-order chi connectivity index (χ0) is 22.8. The molecule has 1 amide bonds. The zero-order valence-electron chi connectivity index (χ0n) is 19.1. The third kappa shape index (κ3) is 5.39. The molecule has 2 fully saturated rings. The van der Waals surface area contributed by atoms with Crippen molar-refractivity contribution in [2.75, 3.05) is 19.3 Å². The number of hydrogen-bond donors (Lipinski definition) is 1. The average molecular weight is 482 g/mol. The Balaban J connectivity index is 1.20. The largest absolute Gasteiger partial charge is 0.337 e. The second-order valence-corrected chi connectivity index (χ2v) is 11.4. The van der Waals surface area contributed by atoms with E-state index in [0.717, 1.165) is 58.7 Å². The molecule has 5 rings (SSSR count). The van der Waals surface area contributed by atoms with Crippen LogP contribution in [0.2, 0.25) is 0 Å². The molecule has 1 aromatic carbocycles. The van der Waals surface area contributed by atoms with Crippen LogP contribution in [-0.2, 0) is 12.8 Å². The van der Waals surface area contributed by atoms with Gasteiger partial charge in [-0.25, -0.2) is 15.0 Å². The monoisotopic (exact) mass is 481 g/mol. The molecule has 6 nitrogen and oxygen atoms in total. The Hall–Kier alpha value is -2.03. The first-order valence-corrected chi connectivity index (χ1v) is 13.9. The van der Waals surface area contributed by atoms with Gasteiger partial charge in [0.2, 0.25) is 0 Å². The van der Waals surface area contributed by atoms with E-state index < -0.39 is 0 Å². The van der Waals surface area contributed by atoms with Crippen LogP contribution in [0.3, 0.4) is 0 Å². The van der Waals surface area contributed by atoms with Gasteiger partial charge in [0.25, 0.3) is 5.91 Å². The third-order valence-electron chi connectivity index (χ3n) is 6.93. The number of carbonyl (C=O) groups is 1. The maximum absolute atomic E-state index is 12.9. The first kappa shape index (κ1) is 22.7. The number of rotatable bonds is 6. The lowest BCUT2D eigenvalue weighted by atomic mass is 9.99. The van der Waals surface area contributed by atoms with E-state index in [1.807, 2.05) is 41.7 Å². The van der Waals surface area contributed by atoms with Gasteiger partial charge in [0.15, 0.2) is 0 Å². The molecule has 0 bridgehead atoms. The van der Waals surface area contributed by atoms with E-state index in [1.54, 1.807) is 23.1 Å². The summed E-state index contributed by atoms with van der Waals surface area (Å²) in [5.41, 5.74) is 7.82. The summed E-state index contributed by atoms with van der Waals surface area (Å²) in [6, 6.07) is 6.03. The van der Waals surface area contributed by atoms with Gasteiger partial charge >= 0.3 is 0 Å². The molecule has 174 valence electrons. The van der Waals surface area contributed by atoms with Crippen molar-refractivity contribution >= 4 is 39.2 Å². The fourth-order valence-corrected chi connectivity index (χ4v) is 6.62. The summed E-state index contributed by atoms with van der Waals surface area (Å²) < 4.78 is 1.11. The summed E-state index contributed by atoms with van der Waals surface area (Å²) >= 11 is 3.41. The second-order valence-electron chi connectivity index (χ2n) is 9.44. The molecule has 2 N–H and O–H groups in total. The number of carbonyl (C=O) groups excluding carboxylic acids is 1. The zero-order valence-corrected chi connectivity index (χ0v) is 20.7. The van der Waals surface area contributed by atoms with Gasteiger partial charge in [-0.05, 0) is 68.4 Å². The van der Waals surface area contributed by atoms with E-state index in [9.17, 15) is 4.79 Å². The van der Waals surface area contributed by atoms with Gasteiger partial charge in [-0.1, -0.05) is 0 Å². The van der Waals surface area contributed by atoms with Crippen LogP contribution in [0, 0.1) is 11.8 Å². The number of thiazole rings is 1. The molecule has 1 aliphatic heterocycles. The number of nitrogens with two attached hydrogens (primary N) is 1. The molecule has 1 saturated heterocycles. The highest BCUT2D eigenvalue weighted by Gasteiger charge is 2.27. The highest BCUT2D eigenvalue weighted by Crippen LogP contribution is 2.36. The minimum absolute atomic E-state index is 0.0911. The van der Waals surface area contributed by atoms with Crippen LogP contribution < -0.4 is 5.73 Å². The molecule has 1 saturated carbocycles. The van der Waals surface area contributed by atoms with E-state index in [4.69, 9.17) is 10.7 Å². The van der Waals surface area contributed by atoms with Crippen molar-refractivity contribution in [2.24, 2.45) is 17.6 Å². The Morgan fingerprint density at radius 2 is 1.97 bits per heavy atom. The van der Waals surface area contributed by atoms with Crippen LogP contribution >= 0.6 is 23.1 Å². The van der Waals surface area contributed by atoms with E-state index in [-0.39, 0.29) is 11.9 Å². The van der Waals surface area contributed by atoms with Crippen molar-refractivity contribution < 1.29 is 4.79 Å². The second kappa shape index (κ2) is 10.1. The van der Waals surface area contributed by atoms with Gasteiger partial charge in [0.1, 0.15) is 5.82 Å². The minimum atomic E-state index is 0.0911. The number of aromatic nitrogens is 3. The summed E-state index contributed by atoms with van der Waals surface area (Å²) in [5, 5.41) is 1.18. The maximum Gasteiger partial charge on any atom is 0.253 e. The van der Waals surface area contributed by atoms with Crippen molar-refractivity contribution in [3.05, 3.63) is 47.0 Å². The Labute approximate surface area is 203 Å². The molecule has 3 atom stereocenters. The van der Waals surface area contributed by atoms with Crippen molar-refractivity contribution in [2.45, 2.75) is 55.9 Å². The van der Waals surface area contributed by atoms with Crippen LogP contribution in [0.4, 0.5) is 0 Å². The highest BCUT2D eigenvalue weighted by molar-refractivity contribution is 7.98. The topological polar surface area (TPSA) is 85.0 Å². The third-order valence-corrected chi connectivity index (χ3v) is 8.65. The molecule has 1 aliphatic carbocycles. The van der Waals surface area contributed by atoms with Gasteiger partial charge < -0.3 is 10.6 Å². The Bertz CT molecular complexity index is 1120. The van der Waals surface area contributed by atoms with Crippen LogP contribution in [-0.4, -0.2) is 51.1 Å². The van der Waals surface area contributed by atoms with Crippen LogP contribution in [0.5, 0.6) is 0 Å². The fraction of sp³-hybridized carbons (Fsp3) is 0.520. The number of nitrogens with zero attached hydrogens (tertiary/aromatic N) is 4. The predicted octanol–water partition coefficient (Wildman–Crippen LogP) is 4.57. The first-order chi connectivity index (χ1) is 16.1. The van der Waals surface area contributed by atoms with E-state index in [2.05, 4.69) is 9.97 Å². The van der Waals surface area contributed by atoms with Crippen molar-refractivity contribution in [1.82, 2.24) is 19.9 Å². The molecule has 2 aliphatic rings. The van der Waals surface area contributed by atoms with Gasteiger partial charge in [0.05, 0.1) is 15.2 Å². The summed E-state index contributed by atoms with van der Waals surface area (Å²) in [7, 11) is 0. The standard InChI is InChI=1S/C25H31N5OS2/c1-32-20-13-27-23(28-14-20)10-16-4-5-17(9-16)11-24-29-21-7-6-18(12-22(21)33-24)25(31)30-8-2-3-19(26)15-30/h6-7,12-14,16-17,19H,2-5,8-11,15,26H2,1H3/t16-,17-,19?/m0/s1. The van der Waals surface area contributed by atoms with Gasteiger partial charge in [-0.15, -0.1) is 23.1 Å². The van der Waals surface area contributed by atoms with Crippen LogP contribution in [0.1, 0.15) is 53.3 Å². The van der Waals surface area contributed by atoms with Crippen molar-refractivity contribution in [3.63, 3.8) is 0 Å². The molecule has 2 aromatic heterocycles. The number of likely N-dealkylation sites (tertiary alicyclic amines) is 1. The quantitative estimate of drug-likeness (QED) is 0.519. The van der Waals surface area contributed by atoms with Crippen molar-refractivity contribution in [3.8, 4) is 0 Å². The van der Waals surface area contributed by atoms with Gasteiger partial charge in [-0.2, -0.15) is 0 Å². The van der Waals surface area contributed by atoms with Gasteiger partial charge in [-0.3, -0.25) is 4.79 Å². The lowest BCUT2D eigenvalue weighted by Crippen LogP contribution is -2.45.